The Morgan fingerprint density at radius 2 is 1.83 bits per heavy atom. The fourth-order valence-electron chi connectivity index (χ4n) is 3.45. The maximum Gasteiger partial charge on any atom is 0.412 e. The van der Waals surface area contributed by atoms with Gasteiger partial charge in [0.1, 0.15) is 5.82 Å². The van der Waals surface area contributed by atoms with E-state index in [2.05, 4.69) is 10.6 Å². The maximum absolute atomic E-state index is 13.3. The summed E-state index contributed by atoms with van der Waals surface area (Å²) in [7, 11) is 0. The van der Waals surface area contributed by atoms with Gasteiger partial charge in [0.15, 0.2) is 6.04 Å². The summed E-state index contributed by atoms with van der Waals surface area (Å²) in [5.74, 6) is -1.52. The Balaban J connectivity index is 1.72. The summed E-state index contributed by atoms with van der Waals surface area (Å²) in [5.41, 5.74) is -0.291. The fourth-order valence-corrected chi connectivity index (χ4v) is 3.45. The van der Waals surface area contributed by atoms with Crippen LogP contribution in [0.5, 0.6) is 0 Å². The molecule has 1 heterocycles. The highest BCUT2D eigenvalue weighted by molar-refractivity contribution is 5.83. The van der Waals surface area contributed by atoms with Gasteiger partial charge in [0.25, 0.3) is 0 Å². The van der Waals surface area contributed by atoms with Crippen molar-refractivity contribution in [3.63, 3.8) is 0 Å². The molecule has 2 N–H and O–H groups in total. The Bertz CT molecular complexity index is 579. The number of rotatable bonds is 3. The second-order valence-electron chi connectivity index (χ2n) is 6.40. The highest BCUT2D eigenvalue weighted by Gasteiger charge is 2.58. The molecule has 2 aliphatic rings. The molecule has 0 aromatic heterocycles. The van der Waals surface area contributed by atoms with E-state index in [1.165, 1.54) is 0 Å². The lowest BCUT2D eigenvalue weighted by molar-refractivity contribution is -0.164. The van der Waals surface area contributed by atoms with Gasteiger partial charge in [-0.1, -0.05) is 12.1 Å². The van der Waals surface area contributed by atoms with E-state index in [1.54, 1.807) is 0 Å². The van der Waals surface area contributed by atoms with Crippen molar-refractivity contribution in [3.8, 4) is 0 Å². The van der Waals surface area contributed by atoms with Crippen molar-refractivity contribution >= 4 is 5.91 Å². The van der Waals surface area contributed by atoms with Gasteiger partial charge in [0, 0.05) is 5.92 Å². The minimum Gasteiger partial charge on any atom is -0.341 e. The van der Waals surface area contributed by atoms with E-state index in [9.17, 15) is 22.4 Å². The number of amides is 1. The highest BCUT2D eigenvalue weighted by Crippen LogP contribution is 2.58. The van der Waals surface area contributed by atoms with Gasteiger partial charge in [-0.25, -0.2) is 4.39 Å². The van der Waals surface area contributed by atoms with Crippen molar-refractivity contribution in [1.82, 2.24) is 10.6 Å². The van der Waals surface area contributed by atoms with Crippen LogP contribution in [0.15, 0.2) is 24.3 Å². The molecule has 1 aromatic carbocycles. The van der Waals surface area contributed by atoms with Gasteiger partial charge >= 0.3 is 6.18 Å². The van der Waals surface area contributed by atoms with Crippen LogP contribution in [0.1, 0.15) is 30.9 Å². The van der Waals surface area contributed by atoms with Gasteiger partial charge in [-0.05, 0) is 55.5 Å². The first kappa shape index (κ1) is 16.2. The molecule has 1 amide bonds. The first-order valence-electron chi connectivity index (χ1n) is 7.65. The van der Waals surface area contributed by atoms with Crippen LogP contribution in [0, 0.1) is 17.2 Å². The lowest BCUT2D eigenvalue weighted by Gasteiger charge is -2.25. The molecule has 3 rings (SSSR count). The fraction of sp³-hybridized carbons (Fsp3) is 0.562. The quantitative estimate of drug-likeness (QED) is 0.837. The van der Waals surface area contributed by atoms with Crippen molar-refractivity contribution in [3.05, 3.63) is 35.6 Å². The Hall–Kier alpha value is -1.63. The van der Waals surface area contributed by atoms with Crippen LogP contribution in [0.2, 0.25) is 0 Å². The predicted molar refractivity (Wildman–Crippen MR) is 76.0 cm³/mol. The zero-order valence-corrected chi connectivity index (χ0v) is 12.4. The molecule has 1 aliphatic heterocycles. The van der Waals surface area contributed by atoms with Crippen molar-refractivity contribution in [2.45, 2.75) is 31.5 Å². The number of benzene rings is 1. The molecule has 3 nitrogen and oxygen atoms in total. The molecule has 1 aromatic rings. The average Bonchev–Trinajstić information content (AvgIpc) is 3.19. The van der Waals surface area contributed by atoms with E-state index in [-0.39, 0.29) is 16.9 Å². The smallest absolute Gasteiger partial charge is 0.341 e. The first-order valence-corrected chi connectivity index (χ1v) is 7.65. The van der Waals surface area contributed by atoms with Crippen LogP contribution >= 0.6 is 0 Å². The molecule has 126 valence electrons. The zero-order valence-electron chi connectivity index (χ0n) is 12.4. The van der Waals surface area contributed by atoms with Crippen LogP contribution < -0.4 is 10.6 Å². The van der Waals surface area contributed by atoms with Crippen LogP contribution in [0.3, 0.4) is 0 Å². The lowest BCUT2D eigenvalue weighted by Crippen LogP contribution is -2.40. The number of hydrogen-bond donors (Lipinski definition) is 2. The average molecular weight is 330 g/mol. The zero-order chi connectivity index (χ0) is 16.7. The molecule has 2 fully saturated rings. The van der Waals surface area contributed by atoms with E-state index in [1.807, 2.05) is 0 Å². The third-order valence-corrected chi connectivity index (χ3v) is 4.92. The highest BCUT2D eigenvalue weighted by atomic mass is 19.4. The van der Waals surface area contributed by atoms with E-state index < -0.39 is 23.9 Å². The predicted octanol–water partition coefficient (Wildman–Crippen LogP) is 2.94. The molecule has 2 atom stereocenters. The molecule has 0 radical (unpaired) electrons. The van der Waals surface area contributed by atoms with Gasteiger partial charge in [-0.2, -0.15) is 13.2 Å². The number of carbonyl (C=O) groups is 1. The van der Waals surface area contributed by atoms with E-state index >= 15 is 0 Å². The van der Waals surface area contributed by atoms with Crippen molar-refractivity contribution < 1.29 is 22.4 Å². The molecule has 23 heavy (non-hydrogen) atoms. The summed E-state index contributed by atoms with van der Waals surface area (Å²) in [4.78, 5) is 12.3. The van der Waals surface area contributed by atoms with Crippen molar-refractivity contribution in [2.24, 2.45) is 11.3 Å². The second-order valence-corrected chi connectivity index (χ2v) is 6.40. The molecule has 1 saturated carbocycles. The topological polar surface area (TPSA) is 41.1 Å². The summed E-state index contributed by atoms with van der Waals surface area (Å²) >= 11 is 0. The van der Waals surface area contributed by atoms with Gasteiger partial charge in [0.2, 0.25) is 5.91 Å². The molecule has 2 unspecified atom stereocenters. The summed E-state index contributed by atoms with van der Waals surface area (Å²) < 4.78 is 52.7. The standard InChI is InChI=1S/C16H18F4N2O/c17-11-3-1-10(2-4-11)13(16(18,19)20)22-14(23)12-9-15(12)5-7-21-8-6-15/h1-4,12-13,21H,5-9H2,(H,22,23). The molecule has 1 aliphatic carbocycles. The Kier molecular flexibility index (Phi) is 4.08. The SMILES string of the molecule is O=C(NC(c1ccc(F)cc1)C(F)(F)F)C1CC12CCNCC2. The van der Waals surface area contributed by atoms with Gasteiger partial charge < -0.3 is 10.6 Å². The molecule has 7 heteroatoms. The number of hydrogen-bond acceptors (Lipinski definition) is 2. The maximum atomic E-state index is 13.3. The number of alkyl halides is 3. The number of piperidine rings is 1. The van der Waals surface area contributed by atoms with Gasteiger partial charge in [-0.15, -0.1) is 0 Å². The molecule has 1 saturated heterocycles. The summed E-state index contributed by atoms with van der Waals surface area (Å²) in [5, 5.41) is 5.31. The monoisotopic (exact) mass is 330 g/mol. The lowest BCUT2D eigenvalue weighted by atomic mass is 9.91. The Labute approximate surface area is 131 Å². The summed E-state index contributed by atoms with van der Waals surface area (Å²) in [6.07, 6.45) is -2.34. The van der Waals surface area contributed by atoms with Gasteiger partial charge in [0.05, 0.1) is 0 Å². The molecular weight excluding hydrogens is 312 g/mol. The van der Waals surface area contributed by atoms with Gasteiger partial charge in [-0.3, -0.25) is 4.79 Å². The molecule has 1 spiro atoms. The summed E-state index contributed by atoms with van der Waals surface area (Å²) in [6.45, 7) is 1.59. The minimum absolute atomic E-state index is 0.131. The van der Waals surface area contributed by atoms with Crippen LogP contribution in [-0.4, -0.2) is 25.2 Å². The van der Waals surface area contributed by atoms with Crippen LogP contribution in [0.4, 0.5) is 17.6 Å². The number of nitrogens with one attached hydrogen (secondary N) is 2. The number of carbonyl (C=O) groups excluding carboxylic acids is 1. The largest absolute Gasteiger partial charge is 0.412 e. The minimum atomic E-state index is -4.62. The van der Waals surface area contributed by atoms with E-state index in [4.69, 9.17) is 0 Å². The third-order valence-electron chi connectivity index (χ3n) is 4.92. The summed E-state index contributed by atoms with van der Waals surface area (Å²) in [6, 6.07) is 1.94. The Morgan fingerprint density at radius 3 is 2.39 bits per heavy atom. The van der Waals surface area contributed by atoms with E-state index in [0.29, 0.717) is 6.42 Å². The first-order chi connectivity index (χ1) is 10.8. The van der Waals surface area contributed by atoms with Crippen molar-refractivity contribution in [1.29, 1.82) is 0 Å². The van der Waals surface area contributed by atoms with Crippen molar-refractivity contribution in [2.75, 3.05) is 13.1 Å². The van der Waals surface area contributed by atoms with E-state index in [0.717, 1.165) is 50.2 Å². The normalized spacial score (nSPS) is 24.3. The second kappa shape index (κ2) is 5.78. The third kappa shape index (κ3) is 3.34. The van der Waals surface area contributed by atoms with Crippen LogP contribution in [0.25, 0.3) is 0 Å². The Morgan fingerprint density at radius 1 is 1.22 bits per heavy atom. The number of halogens is 4. The molecule has 0 bridgehead atoms. The molecular formula is C16H18F4N2O. The van der Waals surface area contributed by atoms with Crippen LogP contribution in [-0.2, 0) is 4.79 Å².